The molecular weight excluding hydrogens is 360 g/mol. The topological polar surface area (TPSA) is 81.9 Å². The second-order valence-corrected chi connectivity index (χ2v) is 8.33. The van der Waals surface area contributed by atoms with E-state index in [1.807, 2.05) is 12.1 Å². The predicted octanol–water partition coefficient (Wildman–Crippen LogP) is 0.908. The summed E-state index contributed by atoms with van der Waals surface area (Å²) < 4.78 is 34.7. The van der Waals surface area contributed by atoms with Gasteiger partial charge in [0.1, 0.15) is 0 Å². The van der Waals surface area contributed by atoms with Crippen molar-refractivity contribution in [1.29, 1.82) is 0 Å². The van der Waals surface area contributed by atoms with Gasteiger partial charge in [-0.05, 0) is 33.6 Å². The lowest BCUT2D eigenvalue weighted by Gasteiger charge is -2.34. The quantitative estimate of drug-likeness (QED) is 0.843. The van der Waals surface area contributed by atoms with E-state index in [0.717, 1.165) is 10.0 Å². The molecule has 0 aromatic heterocycles. The van der Waals surface area contributed by atoms with Crippen LogP contribution in [0.5, 0.6) is 11.5 Å². The fraction of sp³-hybridized carbons (Fsp3) is 0.538. The van der Waals surface area contributed by atoms with Crippen molar-refractivity contribution in [1.82, 2.24) is 4.90 Å². The zero-order valence-electron chi connectivity index (χ0n) is 11.4. The Morgan fingerprint density at radius 2 is 2.00 bits per heavy atom. The van der Waals surface area contributed by atoms with Crippen LogP contribution in [-0.2, 0) is 9.84 Å². The van der Waals surface area contributed by atoms with E-state index in [9.17, 15) is 8.42 Å². The zero-order chi connectivity index (χ0) is 15.0. The average Bonchev–Trinajstić information content (AvgIpc) is 2.90. The van der Waals surface area contributed by atoms with Gasteiger partial charge in [-0.3, -0.25) is 4.90 Å². The Balaban J connectivity index is 1.85. The van der Waals surface area contributed by atoms with Crippen LogP contribution in [0.4, 0.5) is 0 Å². The zero-order valence-corrected chi connectivity index (χ0v) is 13.8. The first-order valence-electron chi connectivity index (χ1n) is 6.74. The van der Waals surface area contributed by atoms with Crippen molar-refractivity contribution in [2.45, 2.75) is 6.04 Å². The number of rotatable bonds is 3. The number of halogens is 1. The molecule has 1 saturated heterocycles. The fourth-order valence-corrected chi connectivity index (χ4v) is 4.52. The number of ether oxygens (including phenoxy) is 2. The van der Waals surface area contributed by atoms with Crippen LogP contribution in [0.2, 0.25) is 0 Å². The molecule has 1 unspecified atom stereocenters. The van der Waals surface area contributed by atoms with Gasteiger partial charge in [0.05, 0.1) is 16.0 Å². The minimum atomic E-state index is -2.89. The van der Waals surface area contributed by atoms with Gasteiger partial charge in [0.2, 0.25) is 6.79 Å². The van der Waals surface area contributed by atoms with Crippen molar-refractivity contribution in [2.75, 3.05) is 37.9 Å². The lowest BCUT2D eigenvalue weighted by atomic mass is 10.0. The molecule has 1 atom stereocenters. The molecule has 3 rings (SSSR count). The first kappa shape index (κ1) is 15.1. The van der Waals surface area contributed by atoms with Gasteiger partial charge in [-0.15, -0.1) is 0 Å². The lowest BCUT2D eigenvalue weighted by Crippen LogP contribution is -2.44. The van der Waals surface area contributed by atoms with Crippen molar-refractivity contribution in [3.05, 3.63) is 22.2 Å². The fourth-order valence-electron chi connectivity index (χ4n) is 2.71. The largest absolute Gasteiger partial charge is 0.454 e. The van der Waals surface area contributed by atoms with Gasteiger partial charge >= 0.3 is 0 Å². The standard InChI is InChI=1S/C13H17BrN2O4S/c14-10-5-9(6-12-13(10)20-8-19-12)11(7-15)16-1-3-21(17,18)4-2-16/h5-6,11H,1-4,7-8,15H2. The summed E-state index contributed by atoms with van der Waals surface area (Å²) in [5.74, 6) is 1.78. The highest BCUT2D eigenvalue weighted by molar-refractivity contribution is 9.10. The molecule has 0 aliphatic carbocycles. The van der Waals surface area contributed by atoms with Crippen LogP contribution in [0, 0.1) is 0 Å². The maximum atomic E-state index is 11.5. The van der Waals surface area contributed by atoms with E-state index < -0.39 is 9.84 Å². The first-order valence-corrected chi connectivity index (χ1v) is 9.35. The molecule has 21 heavy (non-hydrogen) atoms. The van der Waals surface area contributed by atoms with Crippen molar-refractivity contribution in [3.63, 3.8) is 0 Å². The molecule has 0 amide bonds. The molecule has 116 valence electrons. The summed E-state index contributed by atoms with van der Waals surface area (Å²) in [6, 6.07) is 3.87. The average molecular weight is 377 g/mol. The molecule has 0 saturated carbocycles. The number of benzene rings is 1. The van der Waals surface area contributed by atoms with Crippen molar-refractivity contribution in [3.8, 4) is 11.5 Å². The van der Waals surface area contributed by atoms with Crippen LogP contribution in [0.25, 0.3) is 0 Å². The normalized spacial score (nSPS) is 22.2. The molecule has 1 aromatic rings. The Morgan fingerprint density at radius 3 is 2.67 bits per heavy atom. The molecule has 2 aliphatic rings. The molecule has 2 N–H and O–H groups in total. The summed E-state index contributed by atoms with van der Waals surface area (Å²) in [5, 5.41) is 0. The summed E-state index contributed by atoms with van der Waals surface area (Å²) in [7, 11) is -2.89. The van der Waals surface area contributed by atoms with Crippen molar-refractivity contribution >= 4 is 25.8 Å². The summed E-state index contributed by atoms with van der Waals surface area (Å²) >= 11 is 3.48. The maximum Gasteiger partial charge on any atom is 0.231 e. The highest BCUT2D eigenvalue weighted by atomic mass is 79.9. The number of hydrogen-bond acceptors (Lipinski definition) is 6. The van der Waals surface area contributed by atoms with Crippen LogP contribution in [-0.4, -0.2) is 51.3 Å². The van der Waals surface area contributed by atoms with Gasteiger partial charge in [0.25, 0.3) is 0 Å². The molecule has 8 heteroatoms. The van der Waals surface area contributed by atoms with Gasteiger partial charge in [-0.25, -0.2) is 8.42 Å². The number of hydrogen-bond donors (Lipinski definition) is 1. The van der Waals surface area contributed by atoms with Gasteiger partial charge in [0, 0.05) is 25.7 Å². The first-order chi connectivity index (χ1) is 10.00. The highest BCUT2D eigenvalue weighted by Crippen LogP contribution is 2.41. The maximum absolute atomic E-state index is 11.5. The van der Waals surface area contributed by atoms with Gasteiger partial charge in [-0.1, -0.05) is 0 Å². The molecule has 2 aliphatic heterocycles. The van der Waals surface area contributed by atoms with Gasteiger partial charge in [0.15, 0.2) is 21.3 Å². The predicted molar refractivity (Wildman–Crippen MR) is 82.3 cm³/mol. The van der Waals surface area contributed by atoms with E-state index in [1.54, 1.807) is 0 Å². The summed E-state index contributed by atoms with van der Waals surface area (Å²) in [5.41, 5.74) is 6.93. The molecule has 1 aromatic carbocycles. The number of sulfone groups is 1. The minimum absolute atomic E-state index is 0.0219. The Bertz CT molecular complexity index is 636. The van der Waals surface area contributed by atoms with E-state index in [-0.39, 0.29) is 24.3 Å². The van der Waals surface area contributed by atoms with Crippen molar-refractivity contribution < 1.29 is 17.9 Å². The lowest BCUT2D eigenvalue weighted by molar-refractivity contribution is 0.173. The van der Waals surface area contributed by atoms with E-state index >= 15 is 0 Å². The number of nitrogens with two attached hydrogens (primary N) is 1. The molecule has 0 spiro atoms. The highest BCUT2D eigenvalue weighted by Gasteiger charge is 2.29. The Hall–Kier alpha value is -0.830. The van der Waals surface area contributed by atoms with Gasteiger partial charge < -0.3 is 15.2 Å². The summed E-state index contributed by atoms with van der Waals surface area (Å²) in [6.45, 7) is 1.66. The Morgan fingerprint density at radius 1 is 1.29 bits per heavy atom. The molecule has 0 bridgehead atoms. The van der Waals surface area contributed by atoms with Crippen LogP contribution in [0.15, 0.2) is 16.6 Å². The third kappa shape index (κ3) is 3.03. The smallest absolute Gasteiger partial charge is 0.231 e. The second kappa shape index (κ2) is 5.75. The van der Waals surface area contributed by atoms with Crippen LogP contribution in [0.1, 0.15) is 11.6 Å². The number of nitrogens with zero attached hydrogens (tertiary/aromatic N) is 1. The van der Waals surface area contributed by atoms with Crippen LogP contribution >= 0.6 is 15.9 Å². The van der Waals surface area contributed by atoms with E-state index in [0.29, 0.717) is 31.1 Å². The molecule has 0 radical (unpaired) electrons. The van der Waals surface area contributed by atoms with Gasteiger partial charge in [-0.2, -0.15) is 0 Å². The monoisotopic (exact) mass is 376 g/mol. The van der Waals surface area contributed by atoms with E-state index in [2.05, 4.69) is 20.8 Å². The Kier molecular flexibility index (Phi) is 4.13. The minimum Gasteiger partial charge on any atom is -0.454 e. The second-order valence-electron chi connectivity index (χ2n) is 5.18. The Labute approximate surface area is 132 Å². The molecule has 1 fully saturated rings. The van der Waals surface area contributed by atoms with Crippen molar-refractivity contribution in [2.24, 2.45) is 5.73 Å². The SMILES string of the molecule is NCC(c1cc(Br)c2c(c1)OCO2)N1CCS(=O)(=O)CC1. The summed E-state index contributed by atoms with van der Waals surface area (Å²) in [4.78, 5) is 2.12. The third-order valence-corrected chi connectivity index (χ3v) is 6.08. The summed E-state index contributed by atoms with van der Waals surface area (Å²) in [6.07, 6.45) is 0. The van der Waals surface area contributed by atoms with Crippen LogP contribution in [0.3, 0.4) is 0 Å². The number of fused-ring (bicyclic) bond motifs is 1. The van der Waals surface area contributed by atoms with Crippen LogP contribution < -0.4 is 15.2 Å². The molecule has 6 nitrogen and oxygen atoms in total. The van der Waals surface area contributed by atoms with E-state index in [1.165, 1.54) is 0 Å². The van der Waals surface area contributed by atoms with E-state index in [4.69, 9.17) is 15.2 Å². The molecular formula is C13H17BrN2O4S. The third-order valence-electron chi connectivity index (χ3n) is 3.88. The molecule has 2 heterocycles.